The lowest BCUT2D eigenvalue weighted by atomic mass is 9.89. The molecule has 2 aromatic rings. The lowest BCUT2D eigenvalue weighted by Gasteiger charge is -2.28. The van der Waals surface area contributed by atoms with Crippen molar-refractivity contribution in [3.63, 3.8) is 0 Å². The zero-order chi connectivity index (χ0) is 14.8. The van der Waals surface area contributed by atoms with Crippen LogP contribution in [0, 0.1) is 10.1 Å². The van der Waals surface area contributed by atoms with Gasteiger partial charge in [0.25, 0.3) is 5.69 Å². The van der Waals surface area contributed by atoms with Crippen molar-refractivity contribution in [1.82, 2.24) is 4.90 Å². The highest BCUT2D eigenvalue weighted by atomic mass is 16.6. The van der Waals surface area contributed by atoms with E-state index in [1.807, 2.05) is 24.3 Å². The maximum Gasteiger partial charge on any atom is 0.274 e. The Bertz CT molecular complexity index is 668. The van der Waals surface area contributed by atoms with Crippen molar-refractivity contribution in [2.45, 2.75) is 19.9 Å². The molecule has 1 heterocycles. The molecule has 21 heavy (non-hydrogen) atoms. The van der Waals surface area contributed by atoms with Crippen LogP contribution in [0.3, 0.4) is 0 Å². The molecule has 0 aliphatic carbocycles. The van der Waals surface area contributed by atoms with Gasteiger partial charge in [-0.15, -0.1) is 0 Å². The van der Waals surface area contributed by atoms with Crippen molar-refractivity contribution in [3.05, 3.63) is 63.7 Å². The first kappa shape index (κ1) is 13.8. The summed E-state index contributed by atoms with van der Waals surface area (Å²) in [6.45, 7) is 4.65. The van der Waals surface area contributed by atoms with Crippen LogP contribution in [0.2, 0.25) is 0 Å². The Morgan fingerprint density at radius 3 is 2.57 bits per heavy atom. The monoisotopic (exact) mass is 282 g/mol. The molecule has 4 nitrogen and oxygen atoms in total. The predicted octanol–water partition coefficient (Wildman–Crippen LogP) is 3.64. The zero-order valence-electron chi connectivity index (χ0n) is 12.1. The number of likely N-dealkylation sites (N-methyl/N-ethyl adjacent to an activating group) is 1. The van der Waals surface area contributed by atoms with Crippen molar-refractivity contribution in [2.24, 2.45) is 0 Å². The highest BCUT2D eigenvalue weighted by Crippen LogP contribution is 2.35. The summed E-state index contributed by atoms with van der Waals surface area (Å²) in [6.07, 6.45) is 0.870. The molecular weight excluding hydrogens is 264 g/mol. The molecule has 0 fully saturated rings. The molecule has 0 unspecified atom stereocenters. The molecule has 108 valence electrons. The quantitative estimate of drug-likeness (QED) is 0.638. The highest BCUT2D eigenvalue weighted by molar-refractivity contribution is 5.72. The van der Waals surface area contributed by atoms with Gasteiger partial charge in [0.15, 0.2) is 0 Å². The SMILES string of the molecule is CCN1CCc2c(-c3ccccc3)ccc([N+](=O)[O-])c2C1. The van der Waals surface area contributed by atoms with Crippen molar-refractivity contribution in [2.75, 3.05) is 13.1 Å². The average Bonchev–Trinajstić information content (AvgIpc) is 2.53. The van der Waals surface area contributed by atoms with Crippen molar-refractivity contribution in [1.29, 1.82) is 0 Å². The minimum atomic E-state index is -0.257. The van der Waals surface area contributed by atoms with Gasteiger partial charge in [0.05, 0.1) is 4.92 Å². The van der Waals surface area contributed by atoms with Gasteiger partial charge in [0.1, 0.15) is 0 Å². The molecule has 0 saturated carbocycles. The Morgan fingerprint density at radius 2 is 1.90 bits per heavy atom. The fraction of sp³-hybridized carbons (Fsp3) is 0.294. The van der Waals surface area contributed by atoms with Crippen LogP contribution in [-0.4, -0.2) is 22.9 Å². The van der Waals surface area contributed by atoms with Crippen LogP contribution in [0.15, 0.2) is 42.5 Å². The Morgan fingerprint density at radius 1 is 1.14 bits per heavy atom. The van der Waals surface area contributed by atoms with Crippen LogP contribution in [0.5, 0.6) is 0 Å². The summed E-state index contributed by atoms with van der Waals surface area (Å²) in [5.74, 6) is 0. The van der Waals surface area contributed by atoms with Crippen LogP contribution in [-0.2, 0) is 13.0 Å². The van der Waals surface area contributed by atoms with Crippen LogP contribution in [0.1, 0.15) is 18.1 Å². The van der Waals surface area contributed by atoms with Gasteiger partial charge in [-0.3, -0.25) is 15.0 Å². The summed E-state index contributed by atoms with van der Waals surface area (Å²) < 4.78 is 0. The molecule has 0 spiro atoms. The first-order valence-corrected chi connectivity index (χ1v) is 7.27. The number of fused-ring (bicyclic) bond motifs is 1. The first-order chi connectivity index (χ1) is 10.2. The van der Waals surface area contributed by atoms with Gasteiger partial charge in [-0.2, -0.15) is 0 Å². The Balaban J connectivity index is 2.15. The van der Waals surface area contributed by atoms with E-state index in [1.165, 1.54) is 0 Å². The van der Waals surface area contributed by atoms with Crippen LogP contribution in [0.4, 0.5) is 5.69 Å². The van der Waals surface area contributed by atoms with E-state index < -0.39 is 0 Å². The van der Waals surface area contributed by atoms with Crippen molar-refractivity contribution < 1.29 is 4.92 Å². The van der Waals surface area contributed by atoms with Crippen LogP contribution in [0.25, 0.3) is 11.1 Å². The van der Waals surface area contributed by atoms with Gasteiger partial charge < -0.3 is 0 Å². The maximum atomic E-state index is 11.3. The Kier molecular flexibility index (Phi) is 3.71. The Labute approximate surface area is 124 Å². The van der Waals surface area contributed by atoms with Gasteiger partial charge >= 0.3 is 0 Å². The normalized spacial score (nSPS) is 14.7. The van der Waals surface area contributed by atoms with Crippen LogP contribution >= 0.6 is 0 Å². The molecule has 0 bridgehead atoms. The second-order valence-electron chi connectivity index (χ2n) is 5.33. The topological polar surface area (TPSA) is 46.4 Å². The summed E-state index contributed by atoms with van der Waals surface area (Å²) in [4.78, 5) is 13.3. The van der Waals surface area contributed by atoms with Gasteiger partial charge in [0, 0.05) is 24.7 Å². The van der Waals surface area contributed by atoms with Crippen molar-refractivity contribution >= 4 is 5.69 Å². The van der Waals surface area contributed by atoms with E-state index in [0.29, 0.717) is 6.54 Å². The summed E-state index contributed by atoms with van der Waals surface area (Å²) in [6, 6.07) is 13.7. The molecule has 0 atom stereocenters. The first-order valence-electron chi connectivity index (χ1n) is 7.27. The minimum Gasteiger partial charge on any atom is -0.299 e. The van der Waals surface area contributed by atoms with Crippen molar-refractivity contribution in [3.8, 4) is 11.1 Å². The standard InChI is InChI=1S/C17H18N2O2/c1-2-18-11-10-15-14(13-6-4-3-5-7-13)8-9-17(19(20)21)16(15)12-18/h3-9H,2,10-12H2,1H3. The van der Waals surface area contributed by atoms with E-state index in [4.69, 9.17) is 0 Å². The lowest BCUT2D eigenvalue weighted by Crippen LogP contribution is -2.31. The number of hydrogen-bond acceptors (Lipinski definition) is 3. The predicted molar refractivity (Wildman–Crippen MR) is 83.2 cm³/mol. The number of nitro groups is 1. The molecule has 0 radical (unpaired) electrons. The number of hydrogen-bond donors (Lipinski definition) is 0. The molecule has 1 aliphatic rings. The molecule has 1 aliphatic heterocycles. The maximum absolute atomic E-state index is 11.3. The van der Waals surface area contributed by atoms with Gasteiger partial charge in [-0.25, -0.2) is 0 Å². The van der Waals surface area contributed by atoms with E-state index in [9.17, 15) is 10.1 Å². The van der Waals surface area contributed by atoms with E-state index in [1.54, 1.807) is 6.07 Å². The average molecular weight is 282 g/mol. The van der Waals surface area contributed by atoms with E-state index >= 15 is 0 Å². The molecule has 2 aromatic carbocycles. The number of nitrogens with zero attached hydrogens (tertiary/aromatic N) is 2. The molecule has 3 rings (SSSR count). The molecular formula is C17H18N2O2. The zero-order valence-corrected chi connectivity index (χ0v) is 12.1. The lowest BCUT2D eigenvalue weighted by molar-refractivity contribution is -0.385. The second-order valence-corrected chi connectivity index (χ2v) is 5.33. The van der Waals surface area contributed by atoms with E-state index in [2.05, 4.69) is 24.0 Å². The number of benzene rings is 2. The highest BCUT2D eigenvalue weighted by Gasteiger charge is 2.26. The largest absolute Gasteiger partial charge is 0.299 e. The fourth-order valence-corrected chi connectivity index (χ4v) is 3.04. The molecule has 0 N–H and O–H groups in total. The summed E-state index contributed by atoms with van der Waals surface area (Å²) >= 11 is 0. The summed E-state index contributed by atoms with van der Waals surface area (Å²) in [5.41, 5.74) is 4.54. The number of nitro benzene ring substituents is 1. The summed E-state index contributed by atoms with van der Waals surface area (Å²) in [7, 11) is 0. The third-order valence-electron chi connectivity index (χ3n) is 4.19. The van der Waals surface area contributed by atoms with E-state index in [-0.39, 0.29) is 10.6 Å². The third-order valence-corrected chi connectivity index (χ3v) is 4.19. The van der Waals surface area contributed by atoms with Gasteiger partial charge in [-0.05, 0) is 35.7 Å². The fourth-order valence-electron chi connectivity index (χ4n) is 3.04. The Hall–Kier alpha value is -2.20. The second kappa shape index (κ2) is 5.66. The van der Waals surface area contributed by atoms with Crippen LogP contribution < -0.4 is 0 Å². The molecule has 0 aromatic heterocycles. The van der Waals surface area contributed by atoms with E-state index in [0.717, 1.165) is 41.8 Å². The number of rotatable bonds is 3. The third kappa shape index (κ3) is 2.54. The summed E-state index contributed by atoms with van der Waals surface area (Å²) in [5, 5.41) is 11.3. The molecule has 4 heteroatoms. The molecule has 0 amide bonds. The smallest absolute Gasteiger partial charge is 0.274 e. The van der Waals surface area contributed by atoms with Gasteiger partial charge in [-0.1, -0.05) is 37.3 Å². The van der Waals surface area contributed by atoms with Gasteiger partial charge in [0.2, 0.25) is 0 Å². The molecule has 0 saturated heterocycles. The minimum absolute atomic E-state index is 0.253.